The molecule has 4 heteroatoms. The molecule has 0 aromatic heterocycles. The van der Waals surface area contributed by atoms with E-state index in [1.54, 1.807) is 0 Å². The van der Waals surface area contributed by atoms with Crippen LogP contribution in [-0.4, -0.2) is 50.1 Å². The maximum absolute atomic E-state index is 12.8. The van der Waals surface area contributed by atoms with Crippen molar-refractivity contribution in [3.8, 4) is 0 Å². The van der Waals surface area contributed by atoms with Crippen LogP contribution in [0.5, 0.6) is 0 Å². The van der Waals surface area contributed by atoms with Crippen LogP contribution in [0.2, 0.25) is 0 Å². The third-order valence-corrected chi connectivity index (χ3v) is 5.42. The Morgan fingerprint density at radius 1 is 1.09 bits per heavy atom. The van der Waals surface area contributed by atoms with Crippen LogP contribution in [0.4, 0.5) is 5.69 Å². The van der Waals surface area contributed by atoms with Gasteiger partial charge in [0.05, 0.1) is 6.04 Å². The first-order valence-corrected chi connectivity index (χ1v) is 8.95. The van der Waals surface area contributed by atoms with Gasteiger partial charge in [-0.25, -0.2) is 0 Å². The second-order valence-corrected chi connectivity index (χ2v) is 7.00. The SMILES string of the molecule is CNCCC1CCN(C2CCN(c3ccc(C)cc3)C2=O)CC1. The number of carbonyl (C=O) groups is 1. The molecule has 0 radical (unpaired) electrons. The summed E-state index contributed by atoms with van der Waals surface area (Å²) in [6.07, 6.45) is 4.69. The largest absolute Gasteiger partial charge is 0.320 e. The predicted molar refractivity (Wildman–Crippen MR) is 94.8 cm³/mol. The normalized spacial score (nSPS) is 23.7. The highest BCUT2D eigenvalue weighted by atomic mass is 16.2. The van der Waals surface area contributed by atoms with Gasteiger partial charge in [-0.2, -0.15) is 0 Å². The van der Waals surface area contributed by atoms with E-state index in [0.29, 0.717) is 5.91 Å². The van der Waals surface area contributed by atoms with E-state index in [0.717, 1.165) is 44.2 Å². The van der Waals surface area contributed by atoms with Crippen molar-refractivity contribution in [2.24, 2.45) is 5.92 Å². The minimum atomic E-state index is 0.0987. The molecular weight excluding hydrogens is 286 g/mol. The van der Waals surface area contributed by atoms with E-state index in [9.17, 15) is 4.79 Å². The maximum atomic E-state index is 12.8. The Morgan fingerprint density at radius 2 is 1.78 bits per heavy atom. The number of aryl methyl sites for hydroxylation is 1. The van der Waals surface area contributed by atoms with Crippen LogP contribution < -0.4 is 10.2 Å². The molecule has 126 valence electrons. The summed E-state index contributed by atoms with van der Waals surface area (Å²) >= 11 is 0. The van der Waals surface area contributed by atoms with Gasteiger partial charge in [0.15, 0.2) is 0 Å². The van der Waals surface area contributed by atoms with Crippen molar-refractivity contribution in [2.45, 2.75) is 38.6 Å². The van der Waals surface area contributed by atoms with Crippen molar-refractivity contribution in [3.05, 3.63) is 29.8 Å². The number of piperidine rings is 1. The van der Waals surface area contributed by atoms with Gasteiger partial charge in [-0.3, -0.25) is 9.69 Å². The molecule has 2 fully saturated rings. The van der Waals surface area contributed by atoms with E-state index < -0.39 is 0 Å². The first-order chi connectivity index (χ1) is 11.2. The molecule has 2 heterocycles. The molecule has 1 unspecified atom stereocenters. The molecule has 3 rings (SSSR count). The maximum Gasteiger partial charge on any atom is 0.244 e. The van der Waals surface area contributed by atoms with Gasteiger partial charge >= 0.3 is 0 Å². The average molecular weight is 315 g/mol. The van der Waals surface area contributed by atoms with Crippen LogP contribution in [0.25, 0.3) is 0 Å². The van der Waals surface area contributed by atoms with Crippen molar-refractivity contribution < 1.29 is 4.79 Å². The second kappa shape index (κ2) is 7.45. The average Bonchev–Trinajstić information content (AvgIpc) is 2.96. The molecule has 2 aliphatic heterocycles. The van der Waals surface area contributed by atoms with Crippen molar-refractivity contribution in [2.75, 3.05) is 38.1 Å². The fourth-order valence-corrected chi connectivity index (χ4v) is 3.89. The van der Waals surface area contributed by atoms with Crippen LogP contribution in [0.3, 0.4) is 0 Å². The molecule has 2 aliphatic rings. The standard InChI is InChI=1S/C19H29N3O/c1-15-3-5-17(6-4-15)22-14-10-18(19(22)23)21-12-8-16(9-13-21)7-11-20-2/h3-6,16,18,20H,7-14H2,1-2H3. The molecule has 23 heavy (non-hydrogen) atoms. The lowest BCUT2D eigenvalue weighted by Gasteiger charge is -2.35. The first kappa shape index (κ1) is 16.5. The zero-order chi connectivity index (χ0) is 16.2. The first-order valence-electron chi connectivity index (χ1n) is 8.95. The van der Waals surface area contributed by atoms with E-state index in [1.165, 1.54) is 24.8 Å². The van der Waals surface area contributed by atoms with Gasteiger partial charge in [-0.05, 0) is 77.3 Å². The summed E-state index contributed by atoms with van der Waals surface area (Å²) in [7, 11) is 2.02. The van der Waals surface area contributed by atoms with Gasteiger partial charge in [0.1, 0.15) is 0 Å². The van der Waals surface area contributed by atoms with Gasteiger partial charge in [-0.1, -0.05) is 17.7 Å². The van der Waals surface area contributed by atoms with Crippen molar-refractivity contribution in [1.29, 1.82) is 0 Å². The van der Waals surface area contributed by atoms with E-state index in [4.69, 9.17) is 0 Å². The smallest absolute Gasteiger partial charge is 0.244 e. The van der Waals surface area contributed by atoms with Crippen LogP contribution in [-0.2, 0) is 4.79 Å². The Hall–Kier alpha value is -1.39. The summed E-state index contributed by atoms with van der Waals surface area (Å²) in [5.41, 5.74) is 2.28. The highest BCUT2D eigenvalue weighted by Gasteiger charge is 2.37. The molecule has 2 saturated heterocycles. The monoisotopic (exact) mass is 315 g/mol. The van der Waals surface area contributed by atoms with Gasteiger partial charge < -0.3 is 10.2 Å². The minimum Gasteiger partial charge on any atom is -0.320 e. The summed E-state index contributed by atoms with van der Waals surface area (Å²) in [6, 6.07) is 8.41. The van der Waals surface area contributed by atoms with Crippen LogP contribution in [0, 0.1) is 12.8 Å². The number of hydrogen-bond donors (Lipinski definition) is 1. The molecule has 0 aliphatic carbocycles. The van der Waals surface area contributed by atoms with Crippen molar-refractivity contribution in [1.82, 2.24) is 10.2 Å². The molecule has 1 amide bonds. The summed E-state index contributed by atoms with van der Waals surface area (Å²) in [5.74, 6) is 1.12. The number of amides is 1. The van der Waals surface area contributed by atoms with Crippen molar-refractivity contribution in [3.63, 3.8) is 0 Å². The molecule has 1 N–H and O–H groups in total. The van der Waals surface area contributed by atoms with Gasteiger partial charge in [0, 0.05) is 12.2 Å². The summed E-state index contributed by atoms with van der Waals surface area (Å²) in [5, 5.41) is 3.24. The third-order valence-electron chi connectivity index (χ3n) is 5.42. The van der Waals surface area contributed by atoms with Gasteiger partial charge in [-0.15, -0.1) is 0 Å². The molecular formula is C19H29N3O. The zero-order valence-corrected chi connectivity index (χ0v) is 14.4. The van der Waals surface area contributed by atoms with E-state index >= 15 is 0 Å². The Labute approximate surface area is 139 Å². The molecule has 1 aromatic carbocycles. The molecule has 1 atom stereocenters. The number of likely N-dealkylation sites (tertiary alicyclic amines) is 1. The highest BCUT2D eigenvalue weighted by molar-refractivity contribution is 5.99. The van der Waals surface area contributed by atoms with Crippen molar-refractivity contribution >= 4 is 11.6 Å². The number of nitrogens with one attached hydrogen (secondary N) is 1. The predicted octanol–water partition coefficient (Wildman–Crippen LogP) is 2.42. The van der Waals surface area contributed by atoms with E-state index in [2.05, 4.69) is 41.4 Å². The van der Waals surface area contributed by atoms with Gasteiger partial charge in [0.2, 0.25) is 5.91 Å². The fraction of sp³-hybridized carbons (Fsp3) is 0.632. The van der Waals surface area contributed by atoms with Crippen LogP contribution in [0.15, 0.2) is 24.3 Å². The lowest BCUT2D eigenvalue weighted by molar-refractivity contribution is -0.122. The van der Waals surface area contributed by atoms with E-state index in [-0.39, 0.29) is 6.04 Å². The fourth-order valence-electron chi connectivity index (χ4n) is 3.89. The summed E-state index contributed by atoms with van der Waals surface area (Å²) in [4.78, 5) is 17.2. The number of carbonyl (C=O) groups excluding carboxylic acids is 1. The second-order valence-electron chi connectivity index (χ2n) is 7.00. The highest BCUT2D eigenvalue weighted by Crippen LogP contribution is 2.28. The number of nitrogens with zero attached hydrogens (tertiary/aromatic N) is 2. The molecule has 0 spiro atoms. The van der Waals surface area contributed by atoms with E-state index in [1.807, 2.05) is 11.9 Å². The number of anilines is 1. The summed E-state index contributed by atoms with van der Waals surface area (Å²) in [6.45, 7) is 6.19. The lowest BCUT2D eigenvalue weighted by atomic mass is 9.92. The molecule has 0 saturated carbocycles. The molecule has 0 bridgehead atoms. The Morgan fingerprint density at radius 3 is 2.43 bits per heavy atom. The summed E-state index contributed by atoms with van der Waals surface area (Å²) < 4.78 is 0. The van der Waals surface area contributed by atoms with Crippen LogP contribution in [0.1, 0.15) is 31.2 Å². The topological polar surface area (TPSA) is 35.6 Å². The molecule has 4 nitrogen and oxygen atoms in total. The lowest BCUT2D eigenvalue weighted by Crippen LogP contribution is -2.46. The Bertz CT molecular complexity index is 520. The number of rotatable bonds is 5. The number of hydrogen-bond acceptors (Lipinski definition) is 3. The minimum absolute atomic E-state index is 0.0987. The molecule has 1 aromatic rings. The van der Waals surface area contributed by atoms with Gasteiger partial charge in [0.25, 0.3) is 0 Å². The quantitative estimate of drug-likeness (QED) is 0.906. The Balaban J connectivity index is 1.56. The third kappa shape index (κ3) is 3.75. The van der Waals surface area contributed by atoms with Crippen LogP contribution >= 0.6 is 0 Å². The zero-order valence-electron chi connectivity index (χ0n) is 14.4. The number of benzene rings is 1. The Kier molecular flexibility index (Phi) is 5.34.